The number of pyridine rings is 1. The zero-order valence-electron chi connectivity index (χ0n) is 13.1. The van der Waals surface area contributed by atoms with Crippen LogP contribution in [0.5, 0.6) is 0 Å². The summed E-state index contributed by atoms with van der Waals surface area (Å²) in [6.45, 7) is 0.933. The number of furan rings is 1. The molecule has 0 amide bonds. The Kier molecular flexibility index (Phi) is 4.79. The average molecular weight is 335 g/mol. The van der Waals surface area contributed by atoms with E-state index >= 15 is 0 Å². The second-order valence-electron chi connectivity index (χ2n) is 5.68. The van der Waals surface area contributed by atoms with Gasteiger partial charge >= 0.3 is 0 Å². The Bertz CT molecular complexity index is 716. The van der Waals surface area contributed by atoms with Crippen LogP contribution in [0.2, 0.25) is 0 Å². The lowest BCUT2D eigenvalue weighted by atomic mass is 10.2. The van der Waals surface area contributed by atoms with Gasteiger partial charge in [-0.25, -0.2) is 0 Å². The Morgan fingerprint density at radius 1 is 1.35 bits per heavy atom. The summed E-state index contributed by atoms with van der Waals surface area (Å²) in [5, 5.41) is 0. The maximum absolute atomic E-state index is 12.8. The molecule has 7 heteroatoms. The lowest BCUT2D eigenvalue weighted by molar-refractivity contribution is 0.313. The van der Waals surface area contributed by atoms with Crippen molar-refractivity contribution in [2.75, 3.05) is 20.1 Å². The van der Waals surface area contributed by atoms with Crippen LogP contribution in [-0.2, 0) is 16.6 Å². The van der Waals surface area contributed by atoms with E-state index in [1.807, 2.05) is 24.3 Å². The summed E-state index contributed by atoms with van der Waals surface area (Å²) >= 11 is 0. The van der Waals surface area contributed by atoms with Crippen LogP contribution >= 0.6 is 0 Å². The third-order valence-electron chi connectivity index (χ3n) is 4.17. The lowest BCUT2D eigenvalue weighted by Gasteiger charge is -2.27. The van der Waals surface area contributed by atoms with Gasteiger partial charge in [-0.1, -0.05) is 6.07 Å². The molecule has 0 unspecified atom stereocenters. The van der Waals surface area contributed by atoms with Crippen LogP contribution in [0.1, 0.15) is 30.3 Å². The van der Waals surface area contributed by atoms with Gasteiger partial charge in [-0.3, -0.25) is 4.98 Å². The van der Waals surface area contributed by atoms with E-state index < -0.39 is 10.2 Å². The van der Waals surface area contributed by atoms with E-state index in [0.29, 0.717) is 25.3 Å². The van der Waals surface area contributed by atoms with Crippen molar-refractivity contribution in [2.45, 2.75) is 25.3 Å². The van der Waals surface area contributed by atoms with Gasteiger partial charge in [0.2, 0.25) is 0 Å². The van der Waals surface area contributed by atoms with Gasteiger partial charge in [0.05, 0.1) is 12.3 Å². The molecule has 1 fully saturated rings. The number of aromatic nitrogens is 1. The highest BCUT2D eigenvalue weighted by Crippen LogP contribution is 2.35. The largest absolute Gasteiger partial charge is 0.468 e. The van der Waals surface area contributed by atoms with E-state index in [-0.39, 0.29) is 6.04 Å². The van der Waals surface area contributed by atoms with Crippen molar-refractivity contribution in [3.8, 4) is 0 Å². The zero-order valence-corrected chi connectivity index (χ0v) is 13.9. The Labute approximate surface area is 136 Å². The van der Waals surface area contributed by atoms with Crippen LogP contribution in [0.15, 0.2) is 47.2 Å². The first kappa shape index (κ1) is 16.2. The molecule has 1 aliphatic heterocycles. The number of rotatable bonds is 6. The van der Waals surface area contributed by atoms with E-state index in [4.69, 9.17) is 4.42 Å². The SMILES string of the molecule is CN(CCc1ccccn1)S(=O)(=O)N1CCC[C@H]1c1ccco1. The van der Waals surface area contributed by atoms with Crippen molar-refractivity contribution in [3.05, 3.63) is 54.2 Å². The van der Waals surface area contributed by atoms with E-state index in [9.17, 15) is 8.42 Å². The molecule has 2 aromatic heterocycles. The molecular formula is C16H21N3O3S. The molecule has 1 atom stereocenters. The highest BCUT2D eigenvalue weighted by atomic mass is 32.2. The van der Waals surface area contributed by atoms with Crippen molar-refractivity contribution in [2.24, 2.45) is 0 Å². The van der Waals surface area contributed by atoms with Crippen molar-refractivity contribution in [1.82, 2.24) is 13.6 Å². The first-order valence-corrected chi connectivity index (χ1v) is 9.15. The Morgan fingerprint density at radius 3 is 2.91 bits per heavy atom. The molecule has 6 nitrogen and oxygen atoms in total. The smallest absolute Gasteiger partial charge is 0.282 e. The molecule has 0 saturated carbocycles. The maximum atomic E-state index is 12.8. The van der Waals surface area contributed by atoms with E-state index in [2.05, 4.69) is 4.98 Å². The predicted molar refractivity (Wildman–Crippen MR) is 86.9 cm³/mol. The molecule has 3 heterocycles. The van der Waals surface area contributed by atoms with Crippen LogP contribution < -0.4 is 0 Å². The predicted octanol–water partition coefficient (Wildman–Crippen LogP) is 2.23. The van der Waals surface area contributed by atoms with Crippen LogP contribution in [-0.4, -0.2) is 42.1 Å². The Balaban J connectivity index is 1.70. The minimum Gasteiger partial charge on any atom is -0.468 e. The van der Waals surface area contributed by atoms with Gasteiger partial charge < -0.3 is 4.42 Å². The fourth-order valence-corrected chi connectivity index (χ4v) is 4.46. The minimum absolute atomic E-state index is 0.202. The average Bonchev–Trinajstić information content (AvgIpc) is 3.23. The number of hydrogen-bond donors (Lipinski definition) is 0. The molecule has 1 aliphatic rings. The monoisotopic (exact) mass is 335 g/mol. The zero-order chi connectivity index (χ0) is 16.3. The van der Waals surface area contributed by atoms with Gasteiger partial charge in [-0.15, -0.1) is 0 Å². The number of nitrogens with zero attached hydrogens (tertiary/aromatic N) is 3. The molecule has 0 N–H and O–H groups in total. The summed E-state index contributed by atoms with van der Waals surface area (Å²) in [4.78, 5) is 4.24. The fraction of sp³-hybridized carbons (Fsp3) is 0.438. The molecule has 3 rings (SSSR count). The minimum atomic E-state index is -3.51. The summed E-state index contributed by atoms with van der Waals surface area (Å²) < 4.78 is 34.1. The first-order valence-electron chi connectivity index (χ1n) is 7.75. The molecule has 23 heavy (non-hydrogen) atoms. The lowest BCUT2D eigenvalue weighted by Crippen LogP contribution is -2.42. The normalized spacial score (nSPS) is 19.5. The Morgan fingerprint density at radius 2 is 2.22 bits per heavy atom. The number of likely N-dealkylation sites (N-methyl/N-ethyl adjacent to an activating group) is 1. The van der Waals surface area contributed by atoms with Crippen molar-refractivity contribution in [3.63, 3.8) is 0 Å². The van der Waals surface area contributed by atoms with E-state index in [0.717, 1.165) is 18.5 Å². The van der Waals surface area contributed by atoms with Crippen LogP contribution in [0.25, 0.3) is 0 Å². The van der Waals surface area contributed by atoms with Gasteiger partial charge in [0.1, 0.15) is 5.76 Å². The summed E-state index contributed by atoms with van der Waals surface area (Å²) in [5.41, 5.74) is 0.888. The highest BCUT2D eigenvalue weighted by Gasteiger charge is 2.38. The summed E-state index contributed by atoms with van der Waals surface area (Å²) in [5.74, 6) is 0.712. The quantitative estimate of drug-likeness (QED) is 0.812. The third-order valence-corrected chi connectivity index (χ3v) is 6.17. The van der Waals surface area contributed by atoms with Gasteiger partial charge in [-0.2, -0.15) is 17.0 Å². The van der Waals surface area contributed by atoms with E-state index in [1.165, 1.54) is 4.31 Å². The fourth-order valence-electron chi connectivity index (χ4n) is 2.89. The summed E-state index contributed by atoms with van der Waals surface area (Å²) in [6.07, 6.45) is 5.54. The van der Waals surface area contributed by atoms with Crippen molar-refractivity contribution >= 4 is 10.2 Å². The topological polar surface area (TPSA) is 66.7 Å². The van der Waals surface area contributed by atoms with Crippen LogP contribution in [0, 0.1) is 0 Å². The second kappa shape index (κ2) is 6.82. The Hall–Kier alpha value is -1.70. The molecule has 0 aromatic carbocycles. The van der Waals surface area contributed by atoms with Crippen molar-refractivity contribution < 1.29 is 12.8 Å². The molecule has 1 saturated heterocycles. The van der Waals surface area contributed by atoms with Gasteiger partial charge in [0.25, 0.3) is 10.2 Å². The second-order valence-corrected chi connectivity index (χ2v) is 7.67. The molecule has 124 valence electrons. The molecule has 0 bridgehead atoms. The number of hydrogen-bond acceptors (Lipinski definition) is 4. The summed E-state index contributed by atoms with van der Waals surface area (Å²) in [6, 6.07) is 9.09. The third kappa shape index (κ3) is 3.46. The molecule has 0 spiro atoms. The van der Waals surface area contributed by atoms with Gasteiger partial charge in [0, 0.05) is 38.4 Å². The van der Waals surface area contributed by atoms with Gasteiger partial charge in [0.15, 0.2) is 0 Å². The van der Waals surface area contributed by atoms with Crippen molar-refractivity contribution in [1.29, 1.82) is 0 Å². The molecule has 2 aromatic rings. The molecule has 0 radical (unpaired) electrons. The standard InChI is InChI=1S/C16H21N3O3S/c1-18(12-9-14-6-2-3-10-17-14)23(20,21)19-11-4-7-15(19)16-8-5-13-22-16/h2-3,5-6,8,10,13,15H,4,7,9,11-12H2,1H3/t15-/m0/s1. The van der Waals surface area contributed by atoms with E-state index in [1.54, 1.807) is 29.9 Å². The molecule has 0 aliphatic carbocycles. The molecular weight excluding hydrogens is 314 g/mol. The van der Waals surface area contributed by atoms with Crippen LogP contribution in [0.3, 0.4) is 0 Å². The van der Waals surface area contributed by atoms with Gasteiger partial charge in [-0.05, 0) is 37.1 Å². The maximum Gasteiger partial charge on any atom is 0.282 e. The first-order chi connectivity index (χ1) is 11.1. The van der Waals surface area contributed by atoms with Crippen LogP contribution in [0.4, 0.5) is 0 Å². The summed E-state index contributed by atoms with van der Waals surface area (Å²) in [7, 11) is -1.88. The highest BCUT2D eigenvalue weighted by molar-refractivity contribution is 7.86.